The van der Waals surface area contributed by atoms with Gasteiger partial charge in [0.2, 0.25) is 5.91 Å². The second-order valence-corrected chi connectivity index (χ2v) is 5.72. The third kappa shape index (κ3) is 4.81. The Bertz CT molecular complexity index is 637. The van der Waals surface area contributed by atoms with Gasteiger partial charge in [-0.2, -0.15) is 0 Å². The number of morpholine rings is 1. The summed E-state index contributed by atoms with van der Waals surface area (Å²) in [6.07, 6.45) is 0. The van der Waals surface area contributed by atoms with Crippen LogP contribution in [0.4, 0.5) is 0 Å². The maximum Gasteiger partial charge on any atom is 0.239 e. The van der Waals surface area contributed by atoms with Gasteiger partial charge in [0.25, 0.3) is 0 Å². The van der Waals surface area contributed by atoms with Crippen LogP contribution in [0.3, 0.4) is 0 Å². The molecule has 24 heavy (non-hydrogen) atoms. The average molecular weight is 326 g/mol. The third-order valence-electron chi connectivity index (χ3n) is 3.88. The molecule has 1 atom stereocenters. The standard InChI is InChI=1S/C19H22N2O3/c22-19(18-14-23-11-10-20-18)21-12-15-6-8-17(9-7-15)24-13-16-4-2-1-3-5-16/h1-9,18,20H,10-14H2,(H,21,22). The minimum atomic E-state index is -0.257. The van der Waals surface area contributed by atoms with E-state index in [2.05, 4.69) is 10.6 Å². The van der Waals surface area contributed by atoms with Crippen molar-refractivity contribution in [2.75, 3.05) is 19.8 Å². The Balaban J connectivity index is 1.45. The Morgan fingerprint density at radius 1 is 1.12 bits per heavy atom. The SMILES string of the molecule is O=C(NCc1ccc(OCc2ccccc2)cc1)C1COCCN1. The third-order valence-corrected chi connectivity index (χ3v) is 3.88. The fourth-order valence-electron chi connectivity index (χ4n) is 2.49. The van der Waals surface area contributed by atoms with E-state index >= 15 is 0 Å². The number of ether oxygens (including phenoxy) is 2. The van der Waals surface area contributed by atoms with Gasteiger partial charge >= 0.3 is 0 Å². The zero-order valence-corrected chi connectivity index (χ0v) is 13.5. The second kappa shape index (κ2) is 8.47. The van der Waals surface area contributed by atoms with Crippen LogP contribution in [0.15, 0.2) is 54.6 Å². The van der Waals surface area contributed by atoms with Crippen LogP contribution in [0.25, 0.3) is 0 Å². The molecule has 0 radical (unpaired) electrons. The van der Waals surface area contributed by atoms with E-state index in [4.69, 9.17) is 9.47 Å². The van der Waals surface area contributed by atoms with E-state index < -0.39 is 0 Å². The van der Waals surface area contributed by atoms with E-state index in [1.54, 1.807) is 0 Å². The van der Waals surface area contributed by atoms with Crippen LogP contribution in [0.1, 0.15) is 11.1 Å². The number of hydrogen-bond acceptors (Lipinski definition) is 4. The molecule has 1 unspecified atom stereocenters. The smallest absolute Gasteiger partial charge is 0.239 e. The summed E-state index contributed by atoms with van der Waals surface area (Å²) in [7, 11) is 0. The quantitative estimate of drug-likeness (QED) is 0.851. The molecule has 5 nitrogen and oxygen atoms in total. The fraction of sp³-hybridized carbons (Fsp3) is 0.316. The van der Waals surface area contributed by atoms with Crippen LogP contribution in [0, 0.1) is 0 Å². The van der Waals surface area contributed by atoms with E-state index in [1.165, 1.54) is 0 Å². The lowest BCUT2D eigenvalue weighted by atomic mass is 10.2. The molecule has 1 heterocycles. The predicted molar refractivity (Wildman–Crippen MR) is 91.7 cm³/mol. The number of hydrogen-bond donors (Lipinski definition) is 2. The number of amides is 1. The molecule has 2 aromatic carbocycles. The van der Waals surface area contributed by atoms with Crippen LogP contribution in [0.2, 0.25) is 0 Å². The Hall–Kier alpha value is -2.37. The lowest BCUT2D eigenvalue weighted by Crippen LogP contribution is -2.51. The van der Waals surface area contributed by atoms with Gasteiger partial charge in [-0.1, -0.05) is 42.5 Å². The summed E-state index contributed by atoms with van der Waals surface area (Å²) in [6.45, 7) is 2.85. The normalized spacial score (nSPS) is 17.2. The molecule has 1 aliphatic rings. The average Bonchev–Trinajstić information content (AvgIpc) is 2.67. The Morgan fingerprint density at radius 3 is 2.62 bits per heavy atom. The molecule has 1 aliphatic heterocycles. The van der Waals surface area contributed by atoms with Crippen LogP contribution in [0.5, 0.6) is 5.75 Å². The minimum Gasteiger partial charge on any atom is -0.489 e. The van der Waals surface area contributed by atoms with E-state index in [0.717, 1.165) is 16.9 Å². The lowest BCUT2D eigenvalue weighted by Gasteiger charge is -2.22. The maximum atomic E-state index is 12.0. The van der Waals surface area contributed by atoms with Gasteiger partial charge in [-0.05, 0) is 23.3 Å². The number of carbonyl (C=O) groups excluding carboxylic acids is 1. The van der Waals surface area contributed by atoms with Gasteiger partial charge < -0.3 is 20.1 Å². The topological polar surface area (TPSA) is 59.6 Å². The van der Waals surface area contributed by atoms with Crippen LogP contribution < -0.4 is 15.4 Å². The highest BCUT2D eigenvalue weighted by molar-refractivity contribution is 5.81. The highest BCUT2D eigenvalue weighted by Gasteiger charge is 2.20. The molecule has 3 rings (SSSR count). The van der Waals surface area contributed by atoms with E-state index in [-0.39, 0.29) is 11.9 Å². The number of nitrogens with one attached hydrogen (secondary N) is 2. The number of benzene rings is 2. The summed E-state index contributed by atoms with van der Waals surface area (Å²) in [5.74, 6) is 0.787. The van der Waals surface area contributed by atoms with Crippen molar-refractivity contribution in [2.24, 2.45) is 0 Å². The molecule has 0 spiro atoms. The largest absolute Gasteiger partial charge is 0.489 e. The van der Waals surface area contributed by atoms with Gasteiger partial charge in [-0.15, -0.1) is 0 Å². The van der Waals surface area contributed by atoms with Gasteiger partial charge in [0.05, 0.1) is 13.2 Å². The highest BCUT2D eigenvalue weighted by atomic mass is 16.5. The molecular weight excluding hydrogens is 304 g/mol. The fourth-order valence-corrected chi connectivity index (χ4v) is 2.49. The summed E-state index contributed by atoms with van der Waals surface area (Å²) >= 11 is 0. The first-order chi connectivity index (χ1) is 11.8. The van der Waals surface area contributed by atoms with Gasteiger partial charge in [-0.25, -0.2) is 0 Å². The van der Waals surface area contributed by atoms with Crippen molar-refractivity contribution < 1.29 is 14.3 Å². The van der Waals surface area contributed by atoms with Gasteiger partial charge in [0.15, 0.2) is 0 Å². The van der Waals surface area contributed by atoms with Crippen molar-refractivity contribution in [3.05, 3.63) is 65.7 Å². The second-order valence-electron chi connectivity index (χ2n) is 5.72. The van der Waals surface area contributed by atoms with Crippen molar-refractivity contribution in [2.45, 2.75) is 19.2 Å². The van der Waals surface area contributed by atoms with Gasteiger partial charge in [-0.3, -0.25) is 4.79 Å². The monoisotopic (exact) mass is 326 g/mol. The summed E-state index contributed by atoms with van der Waals surface area (Å²) < 4.78 is 11.0. The van der Waals surface area contributed by atoms with E-state index in [9.17, 15) is 4.79 Å². The molecule has 5 heteroatoms. The number of rotatable bonds is 6. The van der Waals surface area contributed by atoms with Crippen molar-refractivity contribution in [1.29, 1.82) is 0 Å². The minimum absolute atomic E-state index is 0.0286. The van der Waals surface area contributed by atoms with Crippen molar-refractivity contribution in [3.63, 3.8) is 0 Å². The van der Waals surface area contributed by atoms with E-state index in [0.29, 0.717) is 32.9 Å². The first-order valence-corrected chi connectivity index (χ1v) is 8.16. The van der Waals surface area contributed by atoms with Crippen LogP contribution in [-0.2, 0) is 22.7 Å². The summed E-state index contributed by atoms with van der Waals surface area (Å²) in [4.78, 5) is 12.0. The first-order valence-electron chi connectivity index (χ1n) is 8.16. The molecular formula is C19H22N2O3. The molecule has 126 valence electrons. The zero-order chi connectivity index (χ0) is 16.6. The summed E-state index contributed by atoms with van der Waals surface area (Å²) in [5.41, 5.74) is 2.17. The molecule has 2 N–H and O–H groups in total. The Kier molecular flexibility index (Phi) is 5.82. The van der Waals surface area contributed by atoms with Gasteiger partial charge in [0, 0.05) is 13.1 Å². The van der Waals surface area contributed by atoms with Crippen molar-refractivity contribution in [1.82, 2.24) is 10.6 Å². The predicted octanol–water partition coefficient (Wildman–Crippen LogP) is 1.87. The molecule has 0 aromatic heterocycles. The molecule has 0 bridgehead atoms. The summed E-state index contributed by atoms with van der Waals surface area (Å²) in [6, 6.07) is 17.6. The van der Waals surface area contributed by atoms with Crippen LogP contribution in [-0.4, -0.2) is 31.7 Å². The molecule has 1 saturated heterocycles. The van der Waals surface area contributed by atoms with Gasteiger partial charge in [0.1, 0.15) is 18.4 Å². The Morgan fingerprint density at radius 2 is 1.92 bits per heavy atom. The zero-order valence-electron chi connectivity index (χ0n) is 13.5. The Labute approximate surface area is 142 Å². The van der Waals surface area contributed by atoms with Crippen LogP contribution >= 0.6 is 0 Å². The van der Waals surface area contributed by atoms with E-state index in [1.807, 2.05) is 54.6 Å². The maximum absolute atomic E-state index is 12.0. The molecule has 2 aromatic rings. The highest BCUT2D eigenvalue weighted by Crippen LogP contribution is 2.14. The molecule has 1 amide bonds. The molecule has 0 aliphatic carbocycles. The van der Waals surface area contributed by atoms with Crippen molar-refractivity contribution >= 4 is 5.91 Å². The van der Waals surface area contributed by atoms with Crippen molar-refractivity contribution in [3.8, 4) is 5.75 Å². The molecule has 0 saturated carbocycles. The molecule has 1 fully saturated rings. The summed E-state index contributed by atoms with van der Waals surface area (Å²) in [5, 5.41) is 6.06. The number of carbonyl (C=O) groups is 1. The first kappa shape index (κ1) is 16.5. The lowest BCUT2D eigenvalue weighted by molar-refractivity contribution is -0.126.